The first-order valence-electron chi connectivity index (χ1n) is 8.09. The Balaban J connectivity index is 2.12. The molecule has 3 rings (SSSR count). The van der Waals surface area contributed by atoms with Crippen molar-refractivity contribution in [2.24, 2.45) is 11.7 Å². The van der Waals surface area contributed by atoms with Crippen molar-refractivity contribution in [3.63, 3.8) is 0 Å². The topological polar surface area (TPSA) is 73.3 Å². The molecule has 0 saturated carbocycles. The SMILES string of the molecule is CCC1C=Cc2c(ccc3occ(C(CCC=O)C(N)=O)c23)C1. The third-order valence-electron chi connectivity index (χ3n) is 4.73. The molecule has 1 heterocycles. The molecule has 2 atom stereocenters. The first kappa shape index (κ1) is 15.5. The van der Waals surface area contributed by atoms with Crippen molar-refractivity contribution in [1.29, 1.82) is 0 Å². The van der Waals surface area contributed by atoms with E-state index >= 15 is 0 Å². The van der Waals surface area contributed by atoms with Crippen molar-refractivity contribution < 1.29 is 14.0 Å². The second kappa shape index (κ2) is 6.41. The fraction of sp³-hybridized carbons (Fsp3) is 0.368. The van der Waals surface area contributed by atoms with Crippen LogP contribution >= 0.6 is 0 Å². The molecule has 4 nitrogen and oxygen atoms in total. The van der Waals surface area contributed by atoms with Crippen molar-refractivity contribution >= 4 is 29.2 Å². The van der Waals surface area contributed by atoms with Gasteiger partial charge in [-0.05, 0) is 42.4 Å². The molecule has 2 aromatic rings. The van der Waals surface area contributed by atoms with E-state index in [1.807, 2.05) is 6.07 Å². The van der Waals surface area contributed by atoms with Crippen molar-refractivity contribution in [3.05, 3.63) is 41.2 Å². The van der Waals surface area contributed by atoms with Crippen LogP contribution in [-0.2, 0) is 16.0 Å². The summed E-state index contributed by atoms with van der Waals surface area (Å²) in [5.74, 6) is -0.360. The van der Waals surface area contributed by atoms with E-state index in [0.29, 0.717) is 18.8 Å². The highest BCUT2D eigenvalue weighted by atomic mass is 16.3. The number of carbonyl (C=O) groups is 2. The first-order chi connectivity index (χ1) is 11.2. The number of rotatable bonds is 6. The number of furan rings is 1. The van der Waals surface area contributed by atoms with E-state index in [-0.39, 0.29) is 0 Å². The van der Waals surface area contributed by atoms with Gasteiger partial charge in [0.05, 0.1) is 12.2 Å². The molecule has 0 spiro atoms. The van der Waals surface area contributed by atoms with Crippen LogP contribution in [0.5, 0.6) is 0 Å². The summed E-state index contributed by atoms with van der Waals surface area (Å²) in [4.78, 5) is 22.5. The van der Waals surface area contributed by atoms with Crippen molar-refractivity contribution in [3.8, 4) is 0 Å². The normalized spacial score (nSPS) is 17.9. The average molecular weight is 311 g/mol. The van der Waals surface area contributed by atoms with E-state index in [1.54, 1.807) is 6.26 Å². The smallest absolute Gasteiger partial charge is 0.225 e. The first-order valence-corrected chi connectivity index (χ1v) is 8.09. The summed E-state index contributed by atoms with van der Waals surface area (Å²) < 4.78 is 5.65. The lowest BCUT2D eigenvalue weighted by molar-refractivity contribution is -0.119. The third-order valence-corrected chi connectivity index (χ3v) is 4.73. The lowest BCUT2D eigenvalue weighted by atomic mass is 9.84. The molecule has 1 aliphatic carbocycles. The van der Waals surface area contributed by atoms with Gasteiger partial charge in [-0.15, -0.1) is 0 Å². The van der Waals surface area contributed by atoms with E-state index in [9.17, 15) is 9.59 Å². The van der Waals surface area contributed by atoms with Crippen LogP contribution < -0.4 is 5.73 Å². The molecule has 1 aromatic heterocycles. The molecular formula is C19H21NO3. The fourth-order valence-corrected chi connectivity index (χ4v) is 3.40. The molecule has 2 N–H and O–H groups in total. The number of allylic oxidation sites excluding steroid dienone is 1. The van der Waals surface area contributed by atoms with Gasteiger partial charge in [-0.3, -0.25) is 4.79 Å². The van der Waals surface area contributed by atoms with Crippen LogP contribution in [-0.4, -0.2) is 12.2 Å². The summed E-state index contributed by atoms with van der Waals surface area (Å²) in [6, 6.07) is 4.06. The van der Waals surface area contributed by atoms with Gasteiger partial charge in [0.2, 0.25) is 5.91 Å². The maximum atomic E-state index is 11.9. The van der Waals surface area contributed by atoms with Gasteiger partial charge >= 0.3 is 0 Å². The zero-order chi connectivity index (χ0) is 16.4. The Kier molecular flexibility index (Phi) is 4.33. The molecule has 1 aromatic carbocycles. The molecule has 0 bridgehead atoms. The Morgan fingerprint density at radius 3 is 3.00 bits per heavy atom. The summed E-state index contributed by atoms with van der Waals surface area (Å²) >= 11 is 0. The number of aldehydes is 1. The Labute approximate surface area is 135 Å². The highest BCUT2D eigenvalue weighted by Crippen LogP contribution is 2.37. The molecular weight excluding hydrogens is 290 g/mol. The number of primary amides is 1. The predicted molar refractivity (Wildman–Crippen MR) is 90.0 cm³/mol. The summed E-state index contributed by atoms with van der Waals surface area (Å²) in [5, 5.41) is 0.961. The summed E-state index contributed by atoms with van der Waals surface area (Å²) in [6.07, 6.45) is 9.62. The van der Waals surface area contributed by atoms with E-state index in [1.165, 1.54) is 5.56 Å². The van der Waals surface area contributed by atoms with Gasteiger partial charge in [-0.1, -0.05) is 25.1 Å². The molecule has 2 unspecified atom stereocenters. The van der Waals surface area contributed by atoms with Crippen LogP contribution in [0, 0.1) is 5.92 Å². The standard InChI is InChI=1S/C19H21NO3/c1-2-12-5-7-14-13(10-12)6-8-17-18(14)16(11-23-17)15(19(20)22)4-3-9-21/h5-9,11-12,15H,2-4,10H2,1H3,(H2,20,22). The third kappa shape index (κ3) is 2.81. The van der Waals surface area contributed by atoms with Crippen LogP contribution in [0.3, 0.4) is 0 Å². The molecule has 4 heteroatoms. The van der Waals surface area contributed by atoms with Crippen molar-refractivity contribution in [1.82, 2.24) is 0 Å². The molecule has 1 amide bonds. The summed E-state index contributed by atoms with van der Waals surface area (Å²) in [7, 11) is 0. The number of hydrogen-bond acceptors (Lipinski definition) is 3. The van der Waals surface area contributed by atoms with Crippen LogP contribution in [0.15, 0.2) is 28.9 Å². The lowest BCUT2D eigenvalue weighted by Gasteiger charge is -2.19. The number of nitrogens with two attached hydrogens (primary N) is 1. The Morgan fingerprint density at radius 2 is 2.30 bits per heavy atom. The minimum atomic E-state index is -0.495. The lowest BCUT2D eigenvalue weighted by Crippen LogP contribution is -2.21. The van der Waals surface area contributed by atoms with Crippen LogP contribution in [0.4, 0.5) is 0 Å². The van der Waals surface area contributed by atoms with Gasteiger partial charge in [-0.2, -0.15) is 0 Å². The van der Waals surface area contributed by atoms with Crippen LogP contribution in [0.1, 0.15) is 48.8 Å². The molecule has 0 aliphatic heterocycles. The number of benzene rings is 1. The Morgan fingerprint density at radius 1 is 1.48 bits per heavy atom. The van der Waals surface area contributed by atoms with Gasteiger partial charge in [0.15, 0.2) is 0 Å². The minimum Gasteiger partial charge on any atom is -0.464 e. The molecule has 120 valence electrons. The number of amides is 1. The predicted octanol–water partition coefficient (Wildman–Crippen LogP) is 3.58. The Hall–Kier alpha value is -2.36. The van der Waals surface area contributed by atoms with Gasteiger partial charge in [-0.25, -0.2) is 0 Å². The highest BCUT2D eigenvalue weighted by molar-refractivity contribution is 5.96. The molecule has 1 aliphatic rings. The van der Waals surface area contributed by atoms with Gasteiger partial charge in [0, 0.05) is 17.4 Å². The van der Waals surface area contributed by atoms with Crippen LogP contribution in [0.2, 0.25) is 0 Å². The molecule has 0 saturated heterocycles. The fourth-order valence-electron chi connectivity index (χ4n) is 3.40. The van der Waals surface area contributed by atoms with Crippen molar-refractivity contribution in [2.45, 2.75) is 38.5 Å². The number of fused-ring (bicyclic) bond motifs is 3. The van der Waals surface area contributed by atoms with E-state index in [4.69, 9.17) is 10.2 Å². The maximum absolute atomic E-state index is 11.9. The highest BCUT2D eigenvalue weighted by Gasteiger charge is 2.25. The number of carbonyl (C=O) groups excluding carboxylic acids is 2. The number of hydrogen-bond donors (Lipinski definition) is 1. The maximum Gasteiger partial charge on any atom is 0.225 e. The van der Waals surface area contributed by atoms with Crippen LogP contribution in [0.25, 0.3) is 17.0 Å². The zero-order valence-electron chi connectivity index (χ0n) is 13.2. The van der Waals surface area contributed by atoms with Gasteiger partial charge in [0.25, 0.3) is 0 Å². The average Bonchev–Trinajstić information content (AvgIpc) is 2.98. The monoisotopic (exact) mass is 311 g/mol. The Bertz CT molecular complexity index is 772. The van der Waals surface area contributed by atoms with Gasteiger partial charge in [0.1, 0.15) is 11.9 Å². The molecule has 0 radical (unpaired) electrons. The summed E-state index contributed by atoms with van der Waals surface area (Å²) in [5.41, 5.74) is 9.51. The van der Waals surface area contributed by atoms with E-state index < -0.39 is 11.8 Å². The zero-order valence-corrected chi connectivity index (χ0v) is 13.2. The second-order valence-corrected chi connectivity index (χ2v) is 6.13. The molecule has 23 heavy (non-hydrogen) atoms. The van der Waals surface area contributed by atoms with Crippen molar-refractivity contribution in [2.75, 3.05) is 0 Å². The second-order valence-electron chi connectivity index (χ2n) is 6.13. The van der Waals surface area contributed by atoms with Gasteiger partial charge < -0.3 is 14.9 Å². The van der Waals surface area contributed by atoms with E-state index in [0.717, 1.165) is 41.2 Å². The largest absolute Gasteiger partial charge is 0.464 e. The van der Waals surface area contributed by atoms with E-state index in [2.05, 4.69) is 25.1 Å². The minimum absolute atomic E-state index is 0.309. The summed E-state index contributed by atoms with van der Waals surface area (Å²) in [6.45, 7) is 2.18. The molecule has 0 fully saturated rings. The quantitative estimate of drug-likeness (QED) is 0.829.